The molecule has 9 heteroatoms. The van der Waals surface area contributed by atoms with E-state index in [9.17, 15) is 13.2 Å². The molecule has 0 radical (unpaired) electrons. The molecule has 1 aliphatic rings. The van der Waals surface area contributed by atoms with Crippen LogP contribution in [0.5, 0.6) is 5.88 Å². The smallest absolute Gasteiger partial charge is 0.264 e. The van der Waals surface area contributed by atoms with Gasteiger partial charge in [-0.2, -0.15) is 4.98 Å². The summed E-state index contributed by atoms with van der Waals surface area (Å²) in [4.78, 5) is 22.5. The van der Waals surface area contributed by atoms with Crippen molar-refractivity contribution in [2.45, 2.75) is 70.9 Å². The van der Waals surface area contributed by atoms with Gasteiger partial charge in [-0.15, -0.1) is 0 Å². The molecule has 0 spiro atoms. The molecule has 5 rings (SSSR count). The average Bonchev–Trinajstić information content (AvgIpc) is 2.92. The fourth-order valence-corrected chi connectivity index (χ4v) is 6.18. The van der Waals surface area contributed by atoms with Gasteiger partial charge >= 0.3 is 0 Å². The number of hydrogen-bond donors (Lipinski definition) is 2. The minimum atomic E-state index is -4.12. The van der Waals surface area contributed by atoms with Gasteiger partial charge in [0.2, 0.25) is 11.8 Å². The second-order valence-corrected chi connectivity index (χ2v) is 13.6. The largest absolute Gasteiger partial charge is 0.467 e. The summed E-state index contributed by atoms with van der Waals surface area (Å²) in [6.45, 7) is 14.1. The molecule has 1 amide bonds. The van der Waals surface area contributed by atoms with Gasteiger partial charge < -0.3 is 10.1 Å². The number of ether oxygens (including phenoxy) is 1. The monoisotopic (exact) mass is 584 g/mol. The lowest BCUT2D eigenvalue weighted by atomic mass is 9.86. The maximum atomic E-state index is 13.4. The Balaban J connectivity index is 1.74. The van der Waals surface area contributed by atoms with Crippen LogP contribution in [0.1, 0.15) is 72.0 Å². The molecular weight excluding hydrogens is 548 g/mol. The van der Waals surface area contributed by atoms with Crippen molar-refractivity contribution in [2.24, 2.45) is 0 Å². The first-order valence-corrected chi connectivity index (χ1v) is 15.4. The van der Waals surface area contributed by atoms with Crippen LogP contribution in [0, 0.1) is 20.8 Å². The summed E-state index contributed by atoms with van der Waals surface area (Å²) in [5.74, 6) is -0.312. The molecule has 218 valence electrons. The van der Waals surface area contributed by atoms with Crippen LogP contribution < -0.4 is 14.8 Å². The highest BCUT2D eigenvalue weighted by molar-refractivity contribution is 7.92. The summed E-state index contributed by atoms with van der Waals surface area (Å²) in [7, 11) is -4.12. The zero-order valence-corrected chi connectivity index (χ0v) is 25.8. The molecule has 2 N–H and O–H groups in total. The van der Waals surface area contributed by atoms with E-state index < -0.39 is 28.1 Å². The van der Waals surface area contributed by atoms with E-state index in [1.807, 2.05) is 58.0 Å². The number of carbonyl (C=O) groups is 1. The molecule has 2 atom stereocenters. The van der Waals surface area contributed by atoms with Gasteiger partial charge in [0.15, 0.2) is 0 Å². The van der Waals surface area contributed by atoms with Crippen molar-refractivity contribution in [1.29, 1.82) is 0 Å². The van der Waals surface area contributed by atoms with Crippen LogP contribution in [0.2, 0.25) is 0 Å². The molecule has 42 heavy (non-hydrogen) atoms. The van der Waals surface area contributed by atoms with Crippen molar-refractivity contribution in [3.05, 3.63) is 100 Å². The van der Waals surface area contributed by atoms with Gasteiger partial charge in [-0.05, 0) is 73.6 Å². The van der Waals surface area contributed by atoms with E-state index in [2.05, 4.69) is 52.9 Å². The maximum absolute atomic E-state index is 13.4. The summed E-state index contributed by atoms with van der Waals surface area (Å²) in [5.41, 5.74) is 6.24. The van der Waals surface area contributed by atoms with E-state index in [-0.39, 0.29) is 27.7 Å². The normalized spacial score (nSPS) is 18.4. The average molecular weight is 585 g/mol. The van der Waals surface area contributed by atoms with Crippen molar-refractivity contribution in [3.8, 4) is 17.1 Å². The Morgan fingerprint density at radius 3 is 2.17 bits per heavy atom. The van der Waals surface area contributed by atoms with Crippen LogP contribution >= 0.6 is 0 Å². The fourth-order valence-electron chi connectivity index (χ4n) is 5.19. The second kappa shape index (κ2) is 10.9. The van der Waals surface area contributed by atoms with Crippen LogP contribution in [0.15, 0.2) is 71.6 Å². The molecule has 1 aliphatic heterocycles. The highest BCUT2D eigenvalue weighted by atomic mass is 32.2. The topological polar surface area (TPSA) is 110 Å². The fraction of sp³-hybridized carbons (Fsp3) is 0.303. The number of carbonyl (C=O) groups excluding carboxylic acids is 1. The number of hydrogen-bond acceptors (Lipinski definition) is 6. The summed E-state index contributed by atoms with van der Waals surface area (Å²) in [6.07, 6.45) is -0.643. The summed E-state index contributed by atoms with van der Waals surface area (Å²) in [6, 6.07) is 19.4. The third kappa shape index (κ3) is 5.74. The Labute approximate surface area is 247 Å². The summed E-state index contributed by atoms with van der Waals surface area (Å²) < 4.78 is 36.1. The number of benzene rings is 3. The number of anilines is 1. The lowest BCUT2D eigenvalue weighted by Crippen LogP contribution is -2.39. The van der Waals surface area contributed by atoms with Crippen LogP contribution in [0.3, 0.4) is 0 Å². The van der Waals surface area contributed by atoms with Gasteiger partial charge in [0.25, 0.3) is 15.9 Å². The Morgan fingerprint density at radius 2 is 1.52 bits per heavy atom. The van der Waals surface area contributed by atoms with E-state index in [1.165, 1.54) is 18.2 Å². The van der Waals surface area contributed by atoms with Crippen molar-refractivity contribution in [1.82, 2.24) is 15.3 Å². The Bertz CT molecular complexity index is 1760. The lowest BCUT2D eigenvalue weighted by Gasteiger charge is -2.28. The van der Waals surface area contributed by atoms with E-state index in [0.29, 0.717) is 11.3 Å². The zero-order valence-electron chi connectivity index (χ0n) is 24.9. The van der Waals surface area contributed by atoms with E-state index in [4.69, 9.17) is 4.74 Å². The molecule has 3 aromatic carbocycles. The molecule has 0 saturated heterocycles. The van der Waals surface area contributed by atoms with Gasteiger partial charge in [-0.3, -0.25) is 4.79 Å². The standard InChI is InChI=1S/C33H36N4O4S/c1-19-10-8-11-20(2)27(19)28-21(3)31-36-32(35-28)37-42(39,40)26-13-9-12-24(18-26)30(38)34-22(4)29(41-31)23-14-16-25(17-15-23)33(5,6)7/h8-18,22,29H,1-7H3,(H,34,38)(H,35,36,37)/t22-,29+/m1/s1. The molecule has 4 bridgehead atoms. The van der Waals surface area contributed by atoms with Crippen LogP contribution in [-0.2, 0) is 15.4 Å². The number of amides is 1. The first kappa shape index (κ1) is 29.3. The van der Waals surface area contributed by atoms with Crippen molar-refractivity contribution < 1.29 is 17.9 Å². The quantitative estimate of drug-likeness (QED) is 0.281. The van der Waals surface area contributed by atoms with Gasteiger partial charge in [0, 0.05) is 16.7 Å². The van der Waals surface area contributed by atoms with E-state index in [0.717, 1.165) is 27.8 Å². The first-order chi connectivity index (χ1) is 19.7. The lowest BCUT2D eigenvalue weighted by molar-refractivity contribution is 0.0876. The predicted molar refractivity (Wildman–Crippen MR) is 164 cm³/mol. The number of fused-ring (bicyclic) bond motifs is 4. The Kier molecular flexibility index (Phi) is 7.57. The Morgan fingerprint density at radius 1 is 0.881 bits per heavy atom. The molecule has 4 aromatic rings. The molecule has 0 fully saturated rings. The Hall–Kier alpha value is -4.24. The number of sulfonamides is 1. The SMILES string of the molecule is Cc1cccc(C)c1-c1nc2nc(c1C)O[C@H](c1ccc(C(C)(C)C)cc1)[C@@H](C)NC(=O)c1cccc(c1)S(=O)(=O)N2. The first-order valence-electron chi connectivity index (χ1n) is 13.9. The minimum absolute atomic E-state index is 0.0371. The van der Waals surface area contributed by atoms with Crippen molar-refractivity contribution >= 4 is 21.9 Å². The molecule has 2 heterocycles. The zero-order chi connectivity index (χ0) is 30.4. The molecule has 1 aromatic heterocycles. The summed E-state index contributed by atoms with van der Waals surface area (Å²) in [5, 5.41) is 3.02. The number of aryl methyl sites for hydroxylation is 2. The van der Waals surface area contributed by atoms with Gasteiger partial charge in [0.05, 0.1) is 16.6 Å². The number of aromatic nitrogens is 2. The van der Waals surface area contributed by atoms with Crippen LogP contribution in [-0.4, -0.2) is 30.3 Å². The van der Waals surface area contributed by atoms with E-state index >= 15 is 0 Å². The van der Waals surface area contributed by atoms with E-state index in [1.54, 1.807) is 6.07 Å². The molecule has 8 nitrogen and oxygen atoms in total. The van der Waals surface area contributed by atoms with Gasteiger partial charge in [-0.25, -0.2) is 18.1 Å². The third-order valence-electron chi connectivity index (χ3n) is 7.61. The molecule has 0 unspecified atom stereocenters. The maximum Gasteiger partial charge on any atom is 0.264 e. The highest BCUT2D eigenvalue weighted by Gasteiger charge is 2.29. The molecular formula is C33H36N4O4S. The number of nitrogens with one attached hydrogen (secondary N) is 2. The predicted octanol–water partition coefficient (Wildman–Crippen LogP) is 6.42. The second-order valence-electron chi connectivity index (χ2n) is 11.9. The van der Waals surface area contributed by atoms with Crippen LogP contribution in [0.25, 0.3) is 11.3 Å². The number of nitrogens with zero attached hydrogens (tertiary/aromatic N) is 2. The summed E-state index contributed by atoms with van der Waals surface area (Å²) >= 11 is 0. The molecule has 0 saturated carbocycles. The highest BCUT2D eigenvalue weighted by Crippen LogP contribution is 2.36. The number of rotatable bonds is 2. The van der Waals surface area contributed by atoms with Gasteiger partial charge in [-0.1, -0.05) is 69.3 Å². The van der Waals surface area contributed by atoms with Crippen LogP contribution in [0.4, 0.5) is 5.95 Å². The van der Waals surface area contributed by atoms with Crippen molar-refractivity contribution in [2.75, 3.05) is 4.72 Å². The minimum Gasteiger partial charge on any atom is -0.467 e. The van der Waals surface area contributed by atoms with Crippen molar-refractivity contribution in [3.63, 3.8) is 0 Å². The molecule has 0 aliphatic carbocycles. The van der Waals surface area contributed by atoms with Gasteiger partial charge in [0.1, 0.15) is 6.10 Å². The third-order valence-corrected chi connectivity index (χ3v) is 8.93.